The average Bonchev–Trinajstić information content (AvgIpc) is 3.77. The van der Waals surface area contributed by atoms with Gasteiger partial charge in [-0.25, -0.2) is 4.79 Å². The highest BCUT2D eigenvalue weighted by molar-refractivity contribution is 5.98. The van der Waals surface area contributed by atoms with Crippen molar-refractivity contribution in [1.82, 2.24) is 15.5 Å². The zero-order chi connectivity index (χ0) is 38.4. The number of fused-ring (bicyclic) bond motifs is 1. The second-order valence-electron chi connectivity index (χ2n) is 13.4. The van der Waals surface area contributed by atoms with Crippen molar-refractivity contribution >= 4 is 41.1 Å². The van der Waals surface area contributed by atoms with Crippen LogP contribution < -0.4 is 10.6 Å². The Morgan fingerprint density at radius 1 is 0.962 bits per heavy atom. The van der Waals surface area contributed by atoms with Crippen molar-refractivity contribution < 1.29 is 48.6 Å². The van der Waals surface area contributed by atoms with E-state index < -0.39 is 88.9 Å². The maximum atomic E-state index is 14.3. The number of aromatic hydroxyl groups is 1. The smallest absolute Gasteiger partial charge is 0.339 e. The lowest BCUT2D eigenvalue weighted by atomic mass is 9.94. The Labute approximate surface area is 304 Å². The van der Waals surface area contributed by atoms with E-state index in [2.05, 4.69) is 10.6 Å². The minimum Gasteiger partial charge on any atom is -0.502 e. The Morgan fingerprint density at radius 3 is 2.25 bits per heavy atom. The van der Waals surface area contributed by atoms with Crippen molar-refractivity contribution in [2.45, 2.75) is 70.5 Å². The van der Waals surface area contributed by atoms with Gasteiger partial charge in [0.2, 0.25) is 17.7 Å². The van der Waals surface area contributed by atoms with Gasteiger partial charge in [0.25, 0.3) is 0 Å². The summed E-state index contributed by atoms with van der Waals surface area (Å²) in [7, 11) is 0. The first-order valence-corrected chi connectivity index (χ1v) is 17.1. The van der Waals surface area contributed by atoms with Gasteiger partial charge in [-0.05, 0) is 79.3 Å². The Balaban J connectivity index is 1.31. The van der Waals surface area contributed by atoms with Crippen molar-refractivity contribution in [2.24, 2.45) is 5.92 Å². The largest absolute Gasteiger partial charge is 0.502 e. The first kappa shape index (κ1) is 38.1. The molecule has 0 bridgehead atoms. The summed E-state index contributed by atoms with van der Waals surface area (Å²) >= 11 is 0. The number of carbonyl (C=O) groups is 6. The highest BCUT2D eigenvalue weighted by atomic mass is 16.6. The molecule has 1 fully saturated rings. The number of aliphatic carboxylic acids is 1. The number of nitrogens with zero attached hydrogens (tertiary/aromatic N) is 2. The molecule has 3 aromatic rings. The van der Waals surface area contributed by atoms with Crippen LogP contribution in [0.4, 0.5) is 5.69 Å². The van der Waals surface area contributed by atoms with E-state index in [1.807, 2.05) is 24.3 Å². The minimum atomic E-state index is -1.56. The molecule has 0 saturated carbocycles. The fourth-order valence-corrected chi connectivity index (χ4v) is 7.06. The molecule has 0 aromatic heterocycles. The first-order chi connectivity index (χ1) is 25.2. The number of nitrogens with one attached hydrogen (secondary N) is 2. The molecule has 53 heavy (non-hydrogen) atoms. The second-order valence-corrected chi connectivity index (χ2v) is 13.4. The van der Waals surface area contributed by atoms with E-state index in [1.54, 1.807) is 32.0 Å². The SMILES string of the molecule is Cc1cccc(C)c1C(=O)OCC(=O)[C@H](CC(=O)O)NC(=O)C1CCCN1C(=O)[C@@H](NC(=O)Cc1ccc(O)c([N+](=O)[O-])c1)C1Cc2ccccc2C1. The predicted octanol–water partition coefficient (Wildman–Crippen LogP) is 2.74. The summed E-state index contributed by atoms with van der Waals surface area (Å²) in [6.45, 7) is 2.77. The number of carboxylic acid groups (broad SMARTS) is 1. The number of ketones is 1. The van der Waals surface area contributed by atoms with Gasteiger partial charge in [0, 0.05) is 12.6 Å². The van der Waals surface area contributed by atoms with Crippen molar-refractivity contribution in [3.05, 3.63) is 104 Å². The average molecular weight is 729 g/mol. The quantitative estimate of drug-likeness (QED) is 0.107. The third kappa shape index (κ3) is 9.04. The number of phenols is 1. The van der Waals surface area contributed by atoms with Gasteiger partial charge in [0.05, 0.1) is 23.3 Å². The van der Waals surface area contributed by atoms with Crippen LogP contribution in [-0.2, 0) is 48.0 Å². The molecular formula is C38H40N4O11. The van der Waals surface area contributed by atoms with Gasteiger partial charge < -0.3 is 30.5 Å². The Bertz CT molecular complexity index is 1920. The number of esters is 1. The number of carboxylic acids is 1. The van der Waals surface area contributed by atoms with Crippen molar-refractivity contribution in [2.75, 3.05) is 13.2 Å². The number of hydrogen-bond acceptors (Lipinski definition) is 10. The van der Waals surface area contributed by atoms with Gasteiger partial charge in [-0.15, -0.1) is 0 Å². The van der Waals surface area contributed by atoms with E-state index in [-0.39, 0.29) is 30.5 Å². The summed E-state index contributed by atoms with van der Waals surface area (Å²) in [5, 5.41) is 35.9. The molecule has 278 valence electrons. The number of Topliss-reactive ketones (excluding diaryl/α,β-unsaturated/α-hetero) is 1. The molecule has 2 aliphatic rings. The van der Waals surface area contributed by atoms with Gasteiger partial charge >= 0.3 is 17.6 Å². The van der Waals surface area contributed by atoms with Crippen LogP contribution in [0.5, 0.6) is 5.75 Å². The number of ether oxygens (including phenoxy) is 1. The molecule has 0 spiro atoms. The summed E-state index contributed by atoms with van der Waals surface area (Å²) < 4.78 is 5.22. The summed E-state index contributed by atoms with van der Waals surface area (Å²) in [6.07, 6.45) is 0.408. The normalized spacial score (nSPS) is 16.3. The monoisotopic (exact) mass is 728 g/mol. The van der Waals surface area contributed by atoms with Gasteiger partial charge in [-0.1, -0.05) is 48.5 Å². The molecule has 1 heterocycles. The lowest BCUT2D eigenvalue weighted by Crippen LogP contribution is -2.57. The number of carbonyl (C=O) groups excluding carboxylic acids is 5. The van der Waals surface area contributed by atoms with Crippen LogP contribution in [0.1, 0.15) is 57.4 Å². The van der Waals surface area contributed by atoms with E-state index in [0.29, 0.717) is 30.4 Å². The van der Waals surface area contributed by atoms with Crippen molar-refractivity contribution in [1.29, 1.82) is 0 Å². The number of phenolic OH excluding ortho intramolecular Hbond substituents is 1. The number of nitro groups is 1. The molecule has 1 aliphatic heterocycles. The summed E-state index contributed by atoms with van der Waals surface area (Å²) in [6, 6.07) is 12.6. The Morgan fingerprint density at radius 2 is 1.62 bits per heavy atom. The third-order valence-corrected chi connectivity index (χ3v) is 9.69. The van der Waals surface area contributed by atoms with E-state index in [0.717, 1.165) is 23.3 Å². The van der Waals surface area contributed by atoms with Crippen LogP contribution in [0.2, 0.25) is 0 Å². The van der Waals surface area contributed by atoms with Crippen LogP contribution in [0.15, 0.2) is 60.7 Å². The number of hydrogen-bond donors (Lipinski definition) is 4. The van der Waals surface area contributed by atoms with E-state index in [4.69, 9.17) is 4.74 Å². The van der Waals surface area contributed by atoms with Crippen LogP contribution >= 0.6 is 0 Å². The zero-order valence-corrected chi connectivity index (χ0v) is 29.2. The maximum absolute atomic E-state index is 14.3. The van der Waals surface area contributed by atoms with Gasteiger partial charge in [0.1, 0.15) is 18.1 Å². The number of likely N-dealkylation sites (tertiary alicyclic amines) is 1. The molecule has 3 amide bonds. The second kappa shape index (κ2) is 16.5. The van der Waals surface area contributed by atoms with Gasteiger partial charge in [-0.3, -0.25) is 34.1 Å². The fraction of sp³-hybridized carbons (Fsp3) is 0.368. The zero-order valence-electron chi connectivity index (χ0n) is 29.2. The maximum Gasteiger partial charge on any atom is 0.339 e. The van der Waals surface area contributed by atoms with Crippen LogP contribution in [0, 0.1) is 29.9 Å². The summed E-state index contributed by atoms with van der Waals surface area (Å²) in [4.78, 5) is 90.9. The first-order valence-electron chi connectivity index (χ1n) is 17.1. The summed E-state index contributed by atoms with van der Waals surface area (Å²) in [5.41, 5.74) is 3.20. The number of nitro benzene ring substituents is 1. The topological polar surface area (TPSA) is 223 Å². The molecule has 3 aromatic carbocycles. The molecule has 0 radical (unpaired) electrons. The minimum absolute atomic E-state index is 0.151. The lowest BCUT2D eigenvalue weighted by Gasteiger charge is -2.32. The van der Waals surface area contributed by atoms with Crippen molar-refractivity contribution in [3.63, 3.8) is 0 Å². The standard InChI is InChI=1S/C38H40N4O11/c1-21-7-5-8-22(2)34(21)38(50)53-20-31(44)27(19-33(46)47)39-36(48)28-11-6-14-41(28)37(49)35(26-17-24-9-3-4-10-25(24)18-26)40-32(45)16-23-12-13-30(43)29(15-23)42(51)52/h3-5,7-10,12-13,15,26-28,35,43H,6,11,14,16-20H2,1-2H3,(H,39,48)(H,40,45)(H,46,47)/t27-,28?,35-/m0/s1. The van der Waals surface area contributed by atoms with Gasteiger partial charge in [0.15, 0.2) is 18.1 Å². The number of rotatable bonds is 14. The molecule has 15 heteroatoms. The third-order valence-electron chi connectivity index (χ3n) is 9.69. The molecule has 1 aliphatic carbocycles. The van der Waals surface area contributed by atoms with E-state index in [9.17, 15) is 49.1 Å². The highest BCUT2D eigenvalue weighted by Crippen LogP contribution is 2.31. The number of benzene rings is 3. The summed E-state index contributed by atoms with van der Waals surface area (Å²) in [5.74, 6) is -5.88. The van der Waals surface area contributed by atoms with Crippen LogP contribution in [0.3, 0.4) is 0 Å². The molecule has 1 unspecified atom stereocenters. The lowest BCUT2D eigenvalue weighted by molar-refractivity contribution is -0.385. The van der Waals surface area contributed by atoms with E-state index in [1.165, 1.54) is 11.0 Å². The highest BCUT2D eigenvalue weighted by Gasteiger charge is 2.43. The molecule has 4 N–H and O–H groups in total. The number of aryl methyl sites for hydroxylation is 2. The predicted molar refractivity (Wildman–Crippen MR) is 188 cm³/mol. The number of amides is 3. The molecule has 3 atom stereocenters. The van der Waals surface area contributed by atoms with Crippen LogP contribution in [0.25, 0.3) is 0 Å². The van der Waals surface area contributed by atoms with Gasteiger partial charge in [-0.2, -0.15) is 0 Å². The Hall–Kier alpha value is -6.12. The fourth-order valence-electron chi connectivity index (χ4n) is 7.06. The molecule has 15 nitrogen and oxygen atoms in total. The Kier molecular flexibility index (Phi) is 11.9. The van der Waals surface area contributed by atoms with Crippen LogP contribution in [-0.4, -0.2) is 86.8 Å². The molecular weight excluding hydrogens is 688 g/mol. The molecule has 1 saturated heterocycles. The van der Waals surface area contributed by atoms with E-state index >= 15 is 0 Å². The molecule has 5 rings (SSSR count). The van der Waals surface area contributed by atoms with Crippen molar-refractivity contribution in [3.8, 4) is 5.75 Å².